The fraction of sp³-hybridized carbons (Fsp3) is 0.0625. The average molecular weight is 387 g/mol. The van der Waals surface area contributed by atoms with Gasteiger partial charge in [-0.2, -0.15) is 21.0 Å². The van der Waals surface area contributed by atoms with E-state index in [1.54, 1.807) is 34.4 Å². The van der Waals surface area contributed by atoms with E-state index in [4.69, 9.17) is 4.74 Å². The SMILES string of the molecule is Brc1cnn2c(OCc3ccncc3)cc(-c3ccsc3)nc12. The lowest BCUT2D eigenvalue weighted by Gasteiger charge is -2.09. The maximum absolute atomic E-state index is 5.97. The van der Waals surface area contributed by atoms with Crippen LogP contribution in [0.25, 0.3) is 16.9 Å². The van der Waals surface area contributed by atoms with E-state index in [0.29, 0.717) is 12.5 Å². The summed E-state index contributed by atoms with van der Waals surface area (Å²) in [6.07, 6.45) is 5.23. The number of ether oxygens (including phenoxy) is 1. The number of fused-ring (bicyclic) bond motifs is 1. The highest BCUT2D eigenvalue weighted by molar-refractivity contribution is 9.10. The highest BCUT2D eigenvalue weighted by Crippen LogP contribution is 2.28. The first-order valence-electron chi connectivity index (χ1n) is 6.90. The number of pyridine rings is 1. The second-order valence-corrected chi connectivity index (χ2v) is 6.50. The molecular formula is C16H11BrN4OS. The van der Waals surface area contributed by atoms with Gasteiger partial charge >= 0.3 is 0 Å². The second-order valence-electron chi connectivity index (χ2n) is 4.86. The molecule has 0 atom stereocenters. The van der Waals surface area contributed by atoms with Crippen molar-refractivity contribution in [1.29, 1.82) is 0 Å². The summed E-state index contributed by atoms with van der Waals surface area (Å²) in [6, 6.07) is 7.81. The third-order valence-corrected chi connectivity index (χ3v) is 4.59. The van der Waals surface area contributed by atoms with E-state index in [-0.39, 0.29) is 0 Å². The Labute approximate surface area is 144 Å². The Balaban J connectivity index is 1.75. The Morgan fingerprint density at radius 3 is 2.87 bits per heavy atom. The molecule has 0 spiro atoms. The Bertz CT molecular complexity index is 938. The van der Waals surface area contributed by atoms with Crippen LogP contribution in [0.2, 0.25) is 0 Å². The highest BCUT2D eigenvalue weighted by Gasteiger charge is 2.12. The zero-order chi connectivity index (χ0) is 15.6. The monoisotopic (exact) mass is 386 g/mol. The molecular weight excluding hydrogens is 376 g/mol. The molecule has 4 rings (SSSR count). The molecule has 0 radical (unpaired) electrons. The Kier molecular flexibility index (Phi) is 3.80. The van der Waals surface area contributed by atoms with Gasteiger partial charge in [0, 0.05) is 29.4 Å². The largest absolute Gasteiger partial charge is 0.473 e. The van der Waals surface area contributed by atoms with Crippen LogP contribution >= 0.6 is 27.3 Å². The van der Waals surface area contributed by atoms with Gasteiger partial charge in [-0.1, -0.05) is 0 Å². The average Bonchev–Trinajstić information content (AvgIpc) is 3.24. The summed E-state index contributed by atoms with van der Waals surface area (Å²) in [6.45, 7) is 0.447. The number of halogens is 1. The number of aromatic nitrogens is 4. The van der Waals surface area contributed by atoms with Crippen molar-refractivity contribution in [3.63, 3.8) is 0 Å². The van der Waals surface area contributed by atoms with Gasteiger partial charge < -0.3 is 4.74 Å². The number of rotatable bonds is 4. The van der Waals surface area contributed by atoms with E-state index in [0.717, 1.165) is 26.9 Å². The number of hydrogen-bond acceptors (Lipinski definition) is 5. The summed E-state index contributed by atoms with van der Waals surface area (Å²) in [4.78, 5) is 8.68. The standard InChI is InChI=1S/C16H11BrN4OS/c17-13-8-19-21-15(22-9-11-1-4-18-5-2-11)7-14(20-16(13)21)12-3-6-23-10-12/h1-8,10H,9H2. The van der Waals surface area contributed by atoms with Crippen LogP contribution in [0.4, 0.5) is 0 Å². The lowest BCUT2D eigenvalue weighted by atomic mass is 10.2. The quantitative estimate of drug-likeness (QED) is 0.527. The maximum Gasteiger partial charge on any atom is 0.218 e. The minimum absolute atomic E-state index is 0.447. The van der Waals surface area contributed by atoms with Crippen molar-refractivity contribution in [3.8, 4) is 17.1 Å². The van der Waals surface area contributed by atoms with Gasteiger partial charge in [0.15, 0.2) is 5.65 Å². The van der Waals surface area contributed by atoms with Gasteiger partial charge in [0.1, 0.15) is 6.61 Å². The summed E-state index contributed by atoms with van der Waals surface area (Å²) in [7, 11) is 0. The third-order valence-electron chi connectivity index (χ3n) is 3.35. The van der Waals surface area contributed by atoms with Crippen LogP contribution in [0.1, 0.15) is 5.56 Å². The Morgan fingerprint density at radius 2 is 2.09 bits per heavy atom. The fourth-order valence-electron chi connectivity index (χ4n) is 2.21. The molecule has 0 bridgehead atoms. The topological polar surface area (TPSA) is 52.3 Å². The summed E-state index contributed by atoms with van der Waals surface area (Å²) >= 11 is 5.13. The first kappa shape index (κ1) is 14.3. The first-order chi connectivity index (χ1) is 11.3. The van der Waals surface area contributed by atoms with Crippen molar-refractivity contribution in [1.82, 2.24) is 19.6 Å². The molecule has 23 heavy (non-hydrogen) atoms. The van der Waals surface area contributed by atoms with Crippen LogP contribution in [-0.4, -0.2) is 19.6 Å². The molecule has 7 heteroatoms. The van der Waals surface area contributed by atoms with Gasteiger partial charge in [-0.25, -0.2) is 4.98 Å². The van der Waals surface area contributed by atoms with Crippen LogP contribution in [0.15, 0.2) is 58.1 Å². The number of thiophene rings is 1. The lowest BCUT2D eigenvalue weighted by molar-refractivity contribution is 0.285. The molecule has 0 amide bonds. The van der Waals surface area contributed by atoms with Gasteiger partial charge in [0.2, 0.25) is 5.88 Å². The third kappa shape index (κ3) is 2.85. The van der Waals surface area contributed by atoms with Gasteiger partial charge in [-0.05, 0) is 45.1 Å². The maximum atomic E-state index is 5.97. The zero-order valence-electron chi connectivity index (χ0n) is 11.9. The molecule has 0 saturated heterocycles. The van der Waals surface area contributed by atoms with E-state index in [1.807, 2.05) is 29.6 Å². The van der Waals surface area contributed by atoms with Crippen molar-refractivity contribution >= 4 is 32.9 Å². The minimum atomic E-state index is 0.447. The van der Waals surface area contributed by atoms with Crippen LogP contribution in [0, 0.1) is 0 Å². The van der Waals surface area contributed by atoms with Crippen LogP contribution in [0.5, 0.6) is 5.88 Å². The number of nitrogens with zero attached hydrogens (tertiary/aromatic N) is 4. The molecule has 0 aromatic carbocycles. The second kappa shape index (κ2) is 6.10. The first-order valence-corrected chi connectivity index (χ1v) is 8.63. The molecule has 4 aromatic rings. The predicted molar refractivity (Wildman–Crippen MR) is 92.6 cm³/mol. The van der Waals surface area contributed by atoms with Gasteiger partial charge in [0.25, 0.3) is 0 Å². The molecule has 0 aliphatic heterocycles. The summed E-state index contributed by atoms with van der Waals surface area (Å²) in [5, 5.41) is 8.42. The molecule has 4 heterocycles. The van der Waals surface area contributed by atoms with E-state index < -0.39 is 0 Å². The molecule has 0 aliphatic rings. The normalized spacial score (nSPS) is 11.0. The van der Waals surface area contributed by atoms with E-state index in [2.05, 4.69) is 36.4 Å². The smallest absolute Gasteiger partial charge is 0.218 e. The van der Waals surface area contributed by atoms with Crippen molar-refractivity contribution in [2.45, 2.75) is 6.61 Å². The summed E-state index contributed by atoms with van der Waals surface area (Å²) in [5.41, 5.74) is 3.72. The van der Waals surface area contributed by atoms with Crippen LogP contribution < -0.4 is 4.74 Å². The molecule has 0 aliphatic carbocycles. The van der Waals surface area contributed by atoms with Gasteiger partial charge in [-0.15, -0.1) is 0 Å². The van der Waals surface area contributed by atoms with Crippen LogP contribution in [0.3, 0.4) is 0 Å². The lowest BCUT2D eigenvalue weighted by Crippen LogP contribution is -2.03. The summed E-state index contributed by atoms with van der Waals surface area (Å²) in [5.74, 6) is 0.652. The van der Waals surface area contributed by atoms with Crippen molar-refractivity contribution in [2.24, 2.45) is 0 Å². The highest BCUT2D eigenvalue weighted by atomic mass is 79.9. The fourth-order valence-corrected chi connectivity index (χ4v) is 3.20. The van der Waals surface area contributed by atoms with Crippen LogP contribution in [-0.2, 0) is 6.61 Å². The van der Waals surface area contributed by atoms with Crippen molar-refractivity contribution in [2.75, 3.05) is 0 Å². The van der Waals surface area contributed by atoms with Gasteiger partial charge in [-0.3, -0.25) is 4.98 Å². The molecule has 0 N–H and O–H groups in total. The van der Waals surface area contributed by atoms with Gasteiger partial charge in [0.05, 0.1) is 16.4 Å². The van der Waals surface area contributed by atoms with Crippen molar-refractivity contribution < 1.29 is 4.74 Å². The molecule has 4 aromatic heterocycles. The molecule has 5 nitrogen and oxygen atoms in total. The molecule has 0 saturated carbocycles. The predicted octanol–water partition coefficient (Wildman–Crippen LogP) is 4.19. The number of hydrogen-bond donors (Lipinski definition) is 0. The molecule has 0 unspecified atom stereocenters. The molecule has 0 fully saturated rings. The zero-order valence-corrected chi connectivity index (χ0v) is 14.3. The van der Waals surface area contributed by atoms with E-state index in [9.17, 15) is 0 Å². The minimum Gasteiger partial charge on any atom is -0.473 e. The van der Waals surface area contributed by atoms with E-state index in [1.165, 1.54) is 0 Å². The van der Waals surface area contributed by atoms with E-state index >= 15 is 0 Å². The Morgan fingerprint density at radius 1 is 1.22 bits per heavy atom. The van der Waals surface area contributed by atoms with Crippen molar-refractivity contribution in [3.05, 3.63) is 63.7 Å². The molecule has 114 valence electrons. The summed E-state index contributed by atoms with van der Waals surface area (Å²) < 4.78 is 8.50. The Hall–Kier alpha value is -2.25.